The second-order valence-electron chi connectivity index (χ2n) is 11.9. The number of ether oxygens (including phenoxy) is 1. The van der Waals surface area contributed by atoms with E-state index in [1.54, 1.807) is 19.1 Å². The molecule has 4 N–H and O–H groups in total. The molecule has 4 aromatic rings. The molecule has 1 aliphatic heterocycles. The zero-order chi connectivity index (χ0) is 33.6. The van der Waals surface area contributed by atoms with E-state index in [2.05, 4.69) is 15.6 Å². The maximum Gasteiger partial charge on any atom is 0.387 e. The van der Waals surface area contributed by atoms with Crippen LogP contribution in [0.2, 0.25) is 0 Å². The molecule has 1 saturated carbocycles. The number of hydrogen-bond donors (Lipinski definition) is 3. The van der Waals surface area contributed by atoms with Gasteiger partial charge in [-0.1, -0.05) is 13.0 Å². The number of carbonyl (C=O) groups excluding carboxylic acids is 2. The zero-order valence-electron chi connectivity index (χ0n) is 25.5. The minimum atomic E-state index is -3.67. The van der Waals surface area contributed by atoms with Crippen molar-refractivity contribution in [3.8, 4) is 5.75 Å². The lowest BCUT2D eigenvalue weighted by Crippen LogP contribution is -2.35. The number of hydrogen-bond acceptors (Lipinski definition) is 8. The van der Waals surface area contributed by atoms with E-state index in [1.807, 2.05) is 0 Å². The lowest BCUT2D eigenvalue weighted by molar-refractivity contribution is -0.131. The number of fused-ring (bicyclic) bond motifs is 5. The number of anilines is 3. The first-order valence-corrected chi connectivity index (χ1v) is 16.5. The number of pyridine rings is 1. The molecule has 0 radical (unpaired) electrons. The van der Waals surface area contributed by atoms with Crippen LogP contribution in [0.4, 0.5) is 30.4 Å². The fourth-order valence-electron chi connectivity index (χ4n) is 5.88. The van der Waals surface area contributed by atoms with Gasteiger partial charge in [0.1, 0.15) is 23.4 Å². The highest BCUT2D eigenvalue weighted by Crippen LogP contribution is 2.38. The molecule has 4 bridgehead atoms. The molecular formula is C33H32F3N5O5S. The van der Waals surface area contributed by atoms with Crippen molar-refractivity contribution >= 4 is 49.6 Å². The molecule has 1 aromatic heterocycles. The van der Waals surface area contributed by atoms with E-state index in [0.717, 1.165) is 6.20 Å². The fourth-order valence-corrected chi connectivity index (χ4v) is 7.74. The Bertz CT molecular complexity index is 2000. The van der Waals surface area contributed by atoms with Crippen LogP contribution in [0.5, 0.6) is 5.75 Å². The topological polar surface area (TPSA) is 144 Å². The minimum absolute atomic E-state index is 0.0783. The van der Waals surface area contributed by atoms with Crippen LogP contribution >= 0.6 is 0 Å². The first-order chi connectivity index (χ1) is 22.3. The molecule has 3 aromatic carbocycles. The van der Waals surface area contributed by atoms with Gasteiger partial charge in [-0.25, -0.2) is 17.8 Å². The number of rotatable bonds is 6. The summed E-state index contributed by atoms with van der Waals surface area (Å²) in [5, 5.41) is 5.94. The van der Waals surface area contributed by atoms with Crippen LogP contribution in [-0.2, 0) is 26.0 Å². The molecule has 1 aliphatic carbocycles. The van der Waals surface area contributed by atoms with Gasteiger partial charge in [0.15, 0.2) is 9.84 Å². The summed E-state index contributed by atoms with van der Waals surface area (Å²) in [5.41, 5.74) is 7.54. The Labute approximate surface area is 269 Å². The second kappa shape index (κ2) is 12.4. The molecule has 10 nitrogen and oxygen atoms in total. The molecule has 246 valence electrons. The van der Waals surface area contributed by atoms with Crippen molar-refractivity contribution in [1.29, 1.82) is 0 Å². The molecule has 0 unspecified atom stereocenters. The number of halogens is 3. The average molecular weight is 668 g/mol. The number of sulfone groups is 1. The van der Waals surface area contributed by atoms with Crippen molar-refractivity contribution in [1.82, 2.24) is 9.88 Å². The number of nitrogen functional groups attached to an aromatic ring is 1. The number of benzene rings is 3. The largest absolute Gasteiger partial charge is 0.435 e. The van der Waals surface area contributed by atoms with E-state index in [0.29, 0.717) is 40.7 Å². The van der Waals surface area contributed by atoms with Crippen LogP contribution in [-0.4, -0.2) is 49.0 Å². The molecule has 6 rings (SSSR count). The Morgan fingerprint density at radius 2 is 1.83 bits per heavy atom. The van der Waals surface area contributed by atoms with Gasteiger partial charge in [0.25, 0.3) is 0 Å². The van der Waals surface area contributed by atoms with Gasteiger partial charge >= 0.3 is 6.61 Å². The number of nitrogens with two attached hydrogens (primary N) is 1. The van der Waals surface area contributed by atoms with Crippen LogP contribution in [0.25, 0.3) is 10.8 Å². The van der Waals surface area contributed by atoms with E-state index < -0.39 is 51.3 Å². The Morgan fingerprint density at radius 3 is 2.55 bits per heavy atom. The number of carbonyl (C=O) groups is 2. The Kier molecular flexibility index (Phi) is 8.47. The maximum absolute atomic E-state index is 14.8. The maximum atomic E-state index is 14.8. The SMILES string of the molecule is C[C@H]1CC(=O)Nc2ccc(S(=O)(=O)C3CC3)c(c2)CN(C)C(=O)[C@H](Nc2ccc3c(N)ncc(F)c3c2)c2ccc(OC(F)F)c1c2. The van der Waals surface area contributed by atoms with Gasteiger partial charge in [0, 0.05) is 42.2 Å². The van der Waals surface area contributed by atoms with Crippen LogP contribution in [0, 0.1) is 5.82 Å². The number of amides is 2. The number of nitrogens with one attached hydrogen (secondary N) is 2. The summed E-state index contributed by atoms with van der Waals surface area (Å²) in [6, 6.07) is 12.2. The predicted molar refractivity (Wildman–Crippen MR) is 170 cm³/mol. The molecule has 2 heterocycles. The normalized spacial score (nSPS) is 19.0. The minimum Gasteiger partial charge on any atom is -0.435 e. The molecule has 2 amide bonds. The van der Waals surface area contributed by atoms with Crippen LogP contribution in [0.3, 0.4) is 0 Å². The van der Waals surface area contributed by atoms with Crippen LogP contribution < -0.4 is 21.1 Å². The summed E-state index contributed by atoms with van der Waals surface area (Å²) in [6.07, 6.45) is 1.95. The van der Waals surface area contributed by atoms with Crippen LogP contribution in [0.1, 0.15) is 54.8 Å². The monoisotopic (exact) mass is 667 g/mol. The summed E-state index contributed by atoms with van der Waals surface area (Å²) in [6.45, 7) is -1.60. The predicted octanol–water partition coefficient (Wildman–Crippen LogP) is 5.75. The van der Waals surface area contributed by atoms with Gasteiger partial charge in [-0.2, -0.15) is 8.78 Å². The number of alkyl halides is 2. The van der Waals surface area contributed by atoms with E-state index in [9.17, 15) is 31.2 Å². The molecule has 47 heavy (non-hydrogen) atoms. The van der Waals surface area contributed by atoms with Crippen molar-refractivity contribution in [3.63, 3.8) is 0 Å². The summed E-state index contributed by atoms with van der Waals surface area (Å²) in [4.78, 5) is 32.7. The van der Waals surface area contributed by atoms with Crippen LogP contribution in [0.15, 0.2) is 65.7 Å². The highest BCUT2D eigenvalue weighted by Gasteiger charge is 2.38. The molecule has 2 atom stereocenters. The van der Waals surface area contributed by atoms with Gasteiger partial charge in [0.05, 0.1) is 16.3 Å². The Balaban J connectivity index is 1.47. The first kappa shape index (κ1) is 32.1. The molecule has 0 spiro atoms. The lowest BCUT2D eigenvalue weighted by Gasteiger charge is -2.28. The number of aromatic nitrogens is 1. The highest BCUT2D eigenvalue weighted by atomic mass is 32.2. The van der Waals surface area contributed by atoms with Crippen molar-refractivity contribution in [3.05, 3.63) is 83.3 Å². The third kappa shape index (κ3) is 6.55. The summed E-state index contributed by atoms with van der Waals surface area (Å²) >= 11 is 0. The summed E-state index contributed by atoms with van der Waals surface area (Å²) in [7, 11) is -2.17. The summed E-state index contributed by atoms with van der Waals surface area (Å²) < 4.78 is 73.0. The van der Waals surface area contributed by atoms with Crippen molar-refractivity contribution in [2.45, 2.75) is 61.4 Å². The average Bonchev–Trinajstić information content (AvgIpc) is 3.88. The van der Waals surface area contributed by atoms with Gasteiger partial charge in [-0.3, -0.25) is 9.59 Å². The van der Waals surface area contributed by atoms with Gasteiger partial charge in [-0.15, -0.1) is 0 Å². The number of likely N-dealkylation sites (N-methyl/N-ethyl adjacent to an activating group) is 1. The van der Waals surface area contributed by atoms with E-state index in [-0.39, 0.29) is 40.4 Å². The number of nitrogens with zero attached hydrogens (tertiary/aromatic N) is 2. The molecule has 2 aliphatic rings. The fraction of sp³-hybridized carbons (Fsp3) is 0.303. The third-order valence-electron chi connectivity index (χ3n) is 8.43. The van der Waals surface area contributed by atoms with Gasteiger partial charge in [-0.05, 0) is 84.0 Å². The Morgan fingerprint density at radius 1 is 1.06 bits per heavy atom. The first-order valence-electron chi connectivity index (χ1n) is 14.9. The molecule has 1 fully saturated rings. The van der Waals surface area contributed by atoms with E-state index >= 15 is 0 Å². The molecule has 14 heteroatoms. The van der Waals surface area contributed by atoms with Crippen molar-refractivity contribution in [2.24, 2.45) is 0 Å². The molecule has 0 saturated heterocycles. The summed E-state index contributed by atoms with van der Waals surface area (Å²) in [5.74, 6) is -2.22. The quantitative estimate of drug-likeness (QED) is 0.236. The second-order valence-corrected chi connectivity index (χ2v) is 14.1. The van der Waals surface area contributed by atoms with Gasteiger partial charge in [0.2, 0.25) is 11.8 Å². The van der Waals surface area contributed by atoms with E-state index in [1.165, 1.54) is 54.4 Å². The smallest absolute Gasteiger partial charge is 0.387 e. The molecular weight excluding hydrogens is 635 g/mol. The Hall–Kier alpha value is -4.85. The van der Waals surface area contributed by atoms with E-state index in [4.69, 9.17) is 10.5 Å². The standard InChI is InChI=1S/C33H32F3N5O5S/c1-17-11-29(42)39-20-5-10-28(47(44,45)22-6-7-22)19(12-20)16-41(2)32(43)30(18-3-9-27(24(17)13-18)46-33(35)36)40-21-4-8-23-25(14-21)26(34)15-38-31(23)37/h3-5,8-10,12-15,17,22,30,33,40H,6-7,11,16H2,1-2H3,(H2,37,38)(H,39,42)/t17-,30+/m0/s1. The van der Waals surface area contributed by atoms with Gasteiger partial charge < -0.3 is 26.0 Å². The lowest BCUT2D eigenvalue weighted by atomic mass is 9.92. The zero-order valence-corrected chi connectivity index (χ0v) is 26.3. The third-order valence-corrected chi connectivity index (χ3v) is 10.8. The van der Waals surface area contributed by atoms with Crippen molar-refractivity contribution in [2.75, 3.05) is 23.4 Å². The highest BCUT2D eigenvalue weighted by molar-refractivity contribution is 7.92. The van der Waals surface area contributed by atoms with Crippen molar-refractivity contribution < 1.29 is 35.9 Å².